The highest BCUT2D eigenvalue weighted by molar-refractivity contribution is 7.99. The zero-order chi connectivity index (χ0) is 12.7. The zero-order valence-electron chi connectivity index (χ0n) is 9.17. The molecule has 0 aliphatic rings. The first-order valence-electron chi connectivity index (χ1n) is 5.11. The fourth-order valence-corrected chi connectivity index (χ4v) is 1.93. The van der Waals surface area contributed by atoms with Crippen molar-refractivity contribution in [3.63, 3.8) is 0 Å². The molecule has 6 heteroatoms. The molecule has 92 valence electrons. The van der Waals surface area contributed by atoms with E-state index < -0.39 is 4.92 Å². The van der Waals surface area contributed by atoms with Gasteiger partial charge in [0.15, 0.2) is 5.78 Å². The number of aliphatic hydroxyl groups is 1. The Balaban J connectivity index is 2.56. The fourth-order valence-electron chi connectivity index (χ4n) is 1.27. The number of non-ortho nitro benzene ring substituents is 1. The molecule has 0 bridgehead atoms. The van der Waals surface area contributed by atoms with Gasteiger partial charge in [0.2, 0.25) is 0 Å². The highest BCUT2D eigenvalue weighted by Gasteiger charge is 2.10. The molecular weight excluding hydrogens is 242 g/mol. The maximum absolute atomic E-state index is 11.7. The Hall–Kier alpha value is -1.40. The SMILES string of the molecule is O=C(CCSCCO)c1cccc([N+](=O)[O-])c1. The second-order valence-corrected chi connectivity index (χ2v) is 4.54. The van der Waals surface area contributed by atoms with E-state index in [1.54, 1.807) is 6.07 Å². The van der Waals surface area contributed by atoms with E-state index in [-0.39, 0.29) is 18.1 Å². The van der Waals surface area contributed by atoms with E-state index in [4.69, 9.17) is 5.11 Å². The van der Waals surface area contributed by atoms with E-state index in [1.165, 1.54) is 30.0 Å². The standard InChI is InChI=1S/C11H13NO4S/c13-5-7-17-6-4-11(14)9-2-1-3-10(8-9)12(15)16/h1-3,8,13H,4-7H2. The summed E-state index contributed by atoms with van der Waals surface area (Å²) in [5, 5.41) is 19.1. The molecule has 1 N–H and O–H groups in total. The lowest BCUT2D eigenvalue weighted by Gasteiger charge is -2.00. The van der Waals surface area contributed by atoms with Crippen molar-refractivity contribution < 1.29 is 14.8 Å². The zero-order valence-corrected chi connectivity index (χ0v) is 9.98. The van der Waals surface area contributed by atoms with Crippen LogP contribution in [0.15, 0.2) is 24.3 Å². The van der Waals surface area contributed by atoms with Gasteiger partial charge < -0.3 is 5.11 Å². The molecule has 0 aliphatic heterocycles. The molecule has 0 amide bonds. The second kappa shape index (κ2) is 7.03. The maximum atomic E-state index is 11.7. The van der Waals surface area contributed by atoms with Gasteiger partial charge in [-0.25, -0.2) is 0 Å². The van der Waals surface area contributed by atoms with Gasteiger partial charge in [-0.15, -0.1) is 0 Å². The molecule has 1 aromatic rings. The Morgan fingerprint density at radius 3 is 2.82 bits per heavy atom. The molecule has 17 heavy (non-hydrogen) atoms. The van der Waals surface area contributed by atoms with Crippen molar-refractivity contribution in [1.29, 1.82) is 0 Å². The Bertz CT molecular complexity index is 408. The lowest BCUT2D eigenvalue weighted by atomic mass is 10.1. The highest BCUT2D eigenvalue weighted by Crippen LogP contribution is 2.15. The second-order valence-electron chi connectivity index (χ2n) is 3.32. The normalized spacial score (nSPS) is 10.2. The molecule has 0 fully saturated rings. The number of hydrogen-bond acceptors (Lipinski definition) is 5. The van der Waals surface area contributed by atoms with Crippen LogP contribution in [0.4, 0.5) is 5.69 Å². The van der Waals surface area contributed by atoms with Crippen LogP contribution in [0.25, 0.3) is 0 Å². The molecular formula is C11H13NO4S. The van der Waals surface area contributed by atoms with Crippen LogP contribution in [0, 0.1) is 10.1 Å². The van der Waals surface area contributed by atoms with Crippen LogP contribution in [-0.4, -0.2) is 33.9 Å². The molecule has 0 unspecified atom stereocenters. The van der Waals surface area contributed by atoms with Crippen LogP contribution in [0.1, 0.15) is 16.8 Å². The monoisotopic (exact) mass is 255 g/mol. The minimum absolute atomic E-state index is 0.0705. The summed E-state index contributed by atoms with van der Waals surface area (Å²) in [6.45, 7) is 0.0929. The van der Waals surface area contributed by atoms with Crippen LogP contribution in [0.2, 0.25) is 0 Å². The summed E-state index contributed by atoms with van der Waals surface area (Å²) < 4.78 is 0. The van der Waals surface area contributed by atoms with Crippen molar-refractivity contribution in [2.24, 2.45) is 0 Å². The summed E-state index contributed by atoms with van der Waals surface area (Å²) in [7, 11) is 0. The third-order valence-electron chi connectivity index (χ3n) is 2.09. The summed E-state index contributed by atoms with van der Waals surface area (Å²) in [4.78, 5) is 21.7. The minimum atomic E-state index is -0.517. The van der Waals surface area contributed by atoms with E-state index in [1.807, 2.05) is 0 Å². The van der Waals surface area contributed by atoms with Crippen molar-refractivity contribution in [2.75, 3.05) is 18.1 Å². The summed E-state index contributed by atoms with van der Waals surface area (Å²) in [5.74, 6) is 1.10. The van der Waals surface area contributed by atoms with Gasteiger partial charge in [-0.05, 0) is 0 Å². The highest BCUT2D eigenvalue weighted by atomic mass is 32.2. The number of nitro groups is 1. The predicted octanol–water partition coefficient (Wildman–Crippen LogP) is 1.89. The largest absolute Gasteiger partial charge is 0.396 e. The number of benzene rings is 1. The van der Waals surface area contributed by atoms with Gasteiger partial charge in [-0.2, -0.15) is 11.8 Å². The van der Waals surface area contributed by atoms with E-state index >= 15 is 0 Å². The van der Waals surface area contributed by atoms with E-state index in [9.17, 15) is 14.9 Å². The number of Topliss-reactive ketones (excluding diaryl/α,β-unsaturated/α-hetero) is 1. The van der Waals surface area contributed by atoms with Gasteiger partial charge in [0, 0.05) is 35.6 Å². The first-order valence-corrected chi connectivity index (χ1v) is 6.27. The van der Waals surface area contributed by atoms with Gasteiger partial charge in [0.25, 0.3) is 5.69 Å². The lowest BCUT2D eigenvalue weighted by Crippen LogP contribution is -2.02. The molecule has 0 saturated heterocycles. The molecule has 1 aromatic carbocycles. The van der Waals surface area contributed by atoms with Crippen LogP contribution in [0.5, 0.6) is 0 Å². The van der Waals surface area contributed by atoms with Crippen molar-refractivity contribution in [2.45, 2.75) is 6.42 Å². The molecule has 0 aromatic heterocycles. The number of thioether (sulfide) groups is 1. The molecule has 5 nitrogen and oxygen atoms in total. The average molecular weight is 255 g/mol. The quantitative estimate of drug-likeness (QED) is 0.348. The molecule has 1 rings (SSSR count). The Morgan fingerprint density at radius 2 is 2.18 bits per heavy atom. The minimum Gasteiger partial charge on any atom is -0.396 e. The lowest BCUT2D eigenvalue weighted by molar-refractivity contribution is -0.384. The van der Waals surface area contributed by atoms with Crippen LogP contribution >= 0.6 is 11.8 Å². The number of aliphatic hydroxyl groups excluding tert-OH is 1. The summed E-state index contributed by atoms with van der Waals surface area (Å²) in [5.41, 5.74) is 0.294. The number of nitrogens with zero attached hydrogens (tertiary/aromatic N) is 1. The maximum Gasteiger partial charge on any atom is 0.270 e. The van der Waals surface area contributed by atoms with Crippen molar-refractivity contribution in [3.8, 4) is 0 Å². The van der Waals surface area contributed by atoms with E-state index in [0.29, 0.717) is 23.5 Å². The molecule has 0 radical (unpaired) electrons. The average Bonchev–Trinajstić information content (AvgIpc) is 2.34. The Morgan fingerprint density at radius 1 is 1.41 bits per heavy atom. The number of nitro benzene ring substituents is 1. The summed E-state index contributed by atoms with van der Waals surface area (Å²) in [6, 6.07) is 5.73. The predicted molar refractivity (Wildman–Crippen MR) is 66.5 cm³/mol. The molecule has 0 saturated carbocycles. The fraction of sp³-hybridized carbons (Fsp3) is 0.364. The van der Waals surface area contributed by atoms with Crippen molar-refractivity contribution in [3.05, 3.63) is 39.9 Å². The van der Waals surface area contributed by atoms with Gasteiger partial charge in [-0.3, -0.25) is 14.9 Å². The third-order valence-corrected chi connectivity index (χ3v) is 3.05. The number of carbonyl (C=O) groups is 1. The Labute approximate surface area is 103 Å². The Kier molecular flexibility index (Phi) is 5.65. The summed E-state index contributed by atoms with van der Waals surface area (Å²) in [6.07, 6.45) is 0.325. The first-order chi connectivity index (χ1) is 8.15. The van der Waals surface area contributed by atoms with Gasteiger partial charge in [0.1, 0.15) is 0 Å². The van der Waals surface area contributed by atoms with E-state index in [0.717, 1.165) is 0 Å². The van der Waals surface area contributed by atoms with Gasteiger partial charge in [0.05, 0.1) is 11.5 Å². The number of ketones is 1. The van der Waals surface area contributed by atoms with E-state index in [2.05, 4.69) is 0 Å². The van der Waals surface area contributed by atoms with Crippen LogP contribution < -0.4 is 0 Å². The van der Waals surface area contributed by atoms with Gasteiger partial charge >= 0.3 is 0 Å². The number of rotatable bonds is 7. The molecule has 0 aliphatic carbocycles. The smallest absolute Gasteiger partial charge is 0.270 e. The van der Waals surface area contributed by atoms with Crippen molar-refractivity contribution >= 4 is 23.2 Å². The molecule has 0 atom stereocenters. The number of carbonyl (C=O) groups excluding carboxylic acids is 1. The van der Waals surface area contributed by atoms with Gasteiger partial charge in [-0.1, -0.05) is 12.1 Å². The number of hydrogen-bond donors (Lipinski definition) is 1. The van der Waals surface area contributed by atoms with Crippen LogP contribution in [0.3, 0.4) is 0 Å². The third kappa shape index (κ3) is 4.54. The van der Waals surface area contributed by atoms with Crippen LogP contribution in [-0.2, 0) is 0 Å². The molecule has 0 heterocycles. The first kappa shape index (κ1) is 13.7. The van der Waals surface area contributed by atoms with Crippen molar-refractivity contribution in [1.82, 2.24) is 0 Å². The molecule has 0 spiro atoms. The topological polar surface area (TPSA) is 80.4 Å². The summed E-state index contributed by atoms with van der Waals surface area (Å²) >= 11 is 1.48.